The number of ketones is 1. The third-order valence-corrected chi connectivity index (χ3v) is 2.07. The van der Waals surface area contributed by atoms with Crippen molar-refractivity contribution in [3.05, 3.63) is 0 Å². The van der Waals surface area contributed by atoms with Crippen LogP contribution in [0.15, 0.2) is 0 Å². The standard InChI is InChI=1S/C8H15NO2/c1-6(10)8(11)7-4-2-3-5-9-7/h6-7,9-10H,2-5H2,1H3. The first-order valence-corrected chi connectivity index (χ1v) is 4.17. The van der Waals surface area contributed by atoms with E-state index >= 15 is 0 Å². The number of nitrogens with one attached hydrogen (secondary N) is 1. The smallest absolute Gasteiger partial charge is 0.177 e. The van der Waals surface area contributed by atoms with Crippen LogP contribution in [-0.2, 0) is 4.79 Å². The molecule has 1 fully saturated rings. The van der Waals surface area contributed by atoms with E-state index in [1.165, 1.54) is 6.92 Å². The van der Waals surface area contributed by atoms with Crippen molar-refractivity contribution < 1.29 is 9.90 Å². The van der Waals surface area contributed by atoms with Crippen LogP contribution in [0.2, 0.25) is 0 Å². The summed E-state index contributed by atoms with van der Waals surface area (Å²) in [5.41, 5.74) is 0. The molecule has 0 radical (unpaired) electrons. The summed E-state index contributed by atoms with van der Waals surface area (Å²) in [7, 11) is 0. The molecule has 0 spiro atoms. The molecule has 3 heteroatoms. The van der Waals surface area contributed by atoms with Crippen LogP contribution < -0.4 is 5.32 Å². The largest absolute Gasteiger partial charge is 0.386 e. The minimum atomic E-state index is -0.814. The molecule has 1 aliphatic rings. The van der Waals surface area contributed by atoms with E-state index in [0.29, 0.717) is 0 Å². The van der Waals surface area contributed by atoms with Crippen LogP contribution in [-0.4, -0.2) is 29.6 Å². The second-order valence-corrected chi connectivity index (χ2v) is 3.08. The molecule has 11 heavy (non-hydrogen) atoms. The van der Waals surface area contributed by atoms with Crippen LogP contribution in [0.4, 0.5) is 0 Å². The molecule has 0 aromatic carbocycles. The summed E-state index contributed by atoms with van der Waals surface area (Å²) in [6.45, 7) is 2.43. The molecule has 64 valence electrons. The molecule has 1 saturated heterocycles. The van der Waals surface area contributed by atoms with Gasteiger partial charge in [0, 0.05) is 0 Å². The lowest BCUT2D eigenvalue weighted by molar-refractivity contribution is -0.128. The molecule has 3 nitrogen and oxygen atoms in total. The maximum absolute atomic E-state index is 11.2. The van der Waals surface area contributed by atoms with Crippen LogP contribution in [0, 0.1) is 0 Å². The van der Waals surface area contributed by atoms with E-state index in [4.69, 9.17) is 5.11 Å². The summed E-state index contributed by atoms with van der Waals surface area (Å²) < 4.78 is 0. The van der Waals surface area contributed by atoms with Crippen LogP contribution in [0.25, 0.3) is 0 Å². The molecular weight excluding hydrogens is 142 g/mol. The number of rotatable bonds is 2. The highest BCUT2D eigenvalue weighted by molar-refractivity contribution is 5.87. The van der Waals surface area contributed by atoms with Gasteiger partial charge in [-0.15, -0.1) is 0 Å². The Labute approximate surface area is 66.8 Å². The number of hydrogen-bond donors (Lipinski definition) is 2. The predicted molar refractivity (Wildman–Crippen MR) is 42.3 cm³/mol. The highest BCUT2D eigenvalue weighted by atomic mass is 16.3. The van der Waals surface area contributed by atoms with Gasteiger partial charge < -0.3 is 10.4 Å². The van der Waals surface area contributed by atoms with E-state index in [1.807, 2.05) is 0 Å². The van der Waals surface area contributed by atoms with Crippen molar-refractivity contribution in [2.75, 3.05) is 6.54 Å². The van der Waals surface area contributed by atoms with E-state index in [2.05, 4.69) is 5.32 Å². The van der Waals surface area contributed by atoms with Crippen molar-refractivity contribution in [1.29, 1.82) is 0 Å². The van der Waals surface area contributed by atoms with Gasteiger partial charge in [-0.2, -0.15) is 0 Å². The minimum Gasteiger partial charge on any atom is -0.386 e. The Hall–Kier alpha value is -0.410. The van der Waals surface area contributed by atoms with Gasteiger partial charge in [-0.1, -0.05) is 6.42 Å². The summed E-state index contributed by atoms with van der Waals surface area (Å²) in [4.78, 5) is 11.2. The molecule has 0 aliphatic carbocycles. The van der Waals surface area contributed by atoms with Gasteiger partial charge in [0.25, 0.3) is 0 Å². The molecule has 2 unspecified atom stereocenters. The molecule has 0 aromatic heterocycles. The quantitative estimate of drug-likeness (QED) is 0.596. The maximum Gasteiger partial charge on any atom is 0.177 e. The Bertz CT molecular complexity index is 139. The van der Waals surface area contributed by atoms with E-state index < -0.39 is 6.10 Å². The first-order chi connectivity index (χ1) is 5.22. The first kappa shape index (κ1) is 8.68. The summed E-state index contributed by atoms with van der Waals surface area (Å²) in [6, 6.07) is -0.0938. The van der Waals surface area contributed by atoms with Crippen LogP contribution in [0.5, 0.6) is 0 Å². The molecule has 0 saturated carbocycles. The molecule has 1 rings (SSSR count). The molecule has 2 atom stereocenters. The summed E-state index contributed by atoms with van der Waals surface area (Å²) in [5, 5.41) is 12.1. The minimum absolute atomic E-state index is 0.0651. The van der Waals surface area contributed by atoms with Gasteiger partial charge in [0.05, 0.1) is 6.04 Å². The fraction of sp³-hybridized carbons (Fsp3) is 0.875. The lowest BCUT2D eigenvalue weighted by Crippen LogP contribution is -2.44. The monoisotopic (exact) mass is 157 g/mol. The van der Waals surface area contributed by atoms with Crippen LogP contribution in [0.1, 0.15) is 26.2 Å². The predicted octanol–water partition coefficient (Wildman–Crippen LogP) is 0.0784. The highest BCUT2D eigenvalue weighted by Gasteiger charge is 2.23. The Kier molecular flexibility index (Phi) is 3.02. The van der Waals surface area contributed by atoms with Crippen molar-refractivity contribution in [2.24, 2.45) is 0 Å². The average Bonchev–Trinajstić information content (AvgIpc) is 2.05. The lowest BCUT2D eigenvalue weighted by Gasteiger charge is -2.22. The van der Waals surface area contributed by atoms with Gasteiger partial charge in [0.2, 0.25) is 0 Å². The zero-order chi connectivity index (χ0) is 8.27. The number of piperidine rings is 1. The number of aliphatic hydroxyl groups excluding tert-OH is 1. The summed E-state index contributed by atoms with van der Waals surface area (Å²) in [6.07, 6.45) is 2.30. The fourth-order valence-corrected chi connectivity index (χ4v) is 1.39. The summed E-state index contributed by atoms with van der Waals surface area (Å²) >= 11 is 0. The topological polar surface area (TPSA) is 49.3 Å². The highest BCUT2D eigenvalue weighted by Crippen LogP contribution is 2.08. The Morgan fingerprint density at radius 1 is 1.64 bits per heavy atom. The number of aliphatic hydroxyl groups is 1. The third-order valence-electron chi connectivity index (χ3n) is 2.07. The number of carbonyl (C=O) groups is 1. The van der Waals surface area contributed by atoms with Gasteiger partial charge in [-0.25, -0.2) is 0 Å². The fourth-order valence-electron chi connectivity index (χ4n) is 1.39. The average molecular weight is 157 g/mol. The van der Waals surface area contributed by atoms with E-state index in [0.717, 1.165) is 25.8 Å². The van der Waals surface area contributed by atoms with Crippen molar-refractivity contribution in [1.82, 2.24) is 5.32 Å². The second kappa shape index (κ2) is 3.83. The van der Waals surface area contributed by atoms with Crippen molar-refractivity contribution in [3.8, 4) is 0 Å². The number of carbonyl (C=O) groups excluding carboxylic acids is 1. The van der Waals surface area contributed by atoms with Crippen LogP contribution in [0.3, 0.4) is 0 Å². The molecule has 0 aromatic rings. The molecule has 0 bridgehead atoms. The van der Waals surface area contributed by atoms with Gasteiger partial charge in [0.15, 0.2) is 5.78 Å². The first-order valence-electron chi connectivity index (χ1n) is 4.17. The Morgan fingerprint density at radius 2 is 2.36 bits per heavy atom. The van der Waals surface area contributed by atoms with Crippen LogP contribution >= 0.6 is 0 Å². The number of Topliss-reactive ketones (excluding diaryl/α,β-unsaturated/α-hetero) is 1. The molecule has 0 amide bonds. The zero-order valence-electron chi connectivity index (χ0n) is 6.84. The molecular formula is C8H15NO2. The summed E-state index contributed by atoms with van der Waals surface area (Å²) in [5.74, 6) is -0.0651. The molecule has 1 heterocycles. The van der Waals surface area contributed by atoms with Crippen molar-refractivity contribution in [2.45, 2.75) is 38.3 Å². The normalized spacial score (nSPS) is 28.0. The second-order valence-electron chi connectivity index (χ2n) is 3.08. The maximum atomic E-state index is 11.2. The van der Waals surface area contributed by atoms with E-state index in [-0.39, 0.29) is 11.8 Å². The van der Waals surface area contributed by atoms with Gasteiger partial charge in [-0.05, 0) is 26.3 Å². The lowest BCUT2D eigenvalue weighted by atomic mass is 9.99. The van der Waals surface area contributed by atoms with Gasteiger partial charge in [0.1, 0.15) is 6.10 Å². The van der Waals surface area contributed by atoms with Crippen molar-refractivity contribution >= 4 is 5.78 Å². The van der Waals surface area contributed by atoms with Gasteiger partial charge in [-0.3, -0.25) is 4.79 Å². The zero-order valence-corrected chi connectivity index (χ0v) is 6.84. The third kappa shape index (κ3) is 2.27. The Morgan fingerprint density at radius 3 is 2.82 bits per heavy atom. The molecule has 2 N–H and O–H groups in total. The van der Waals surface area contributed by atoms with E-state index in [9.17, 15) is 4.79 Å². The van der Waals surface area contributed by atoms with Crippen molar-refractivity contribution in [3.63, 3.8) is 0 Å². The number of hydrogen-bond acceptors (Lipinski definition) is 3. The SMILES string of the molecule is CC(O)C(=O)C1CCCCN1. The van der Waals surface area contributed by atoms with Gasteiger partial charge >= 0.3 is 0 Å². The molecule has 1 aliphatic heterocycles. The van der Waals surface area contributed by atoms with E-state index in [1.54, 1.807) is 0 Å². The Balaban J connectivity index is 2.39.